The summed E-state index contributed by atoms with van der Waals surface area (Å²) >= 11 is 0. The SMILES string of the molecule is CCN(CC(=O)Nc1c(C)cccc1C)C(=O)Cc1cccc(C(=O)O)c1. The van der Waals surface area contributed by atoms with Crippen molar-refractivity contribution in [1.29, 1.82) is 0 Å². The number of nitrogens with one attached hydrogen (secondary N) is 1. The summed E-state index contributed by atoms with van der Waals surface area (Å²) in [5.74, 6) is -1.52. The second-order valence-electron chi connectivity index (χ2n) is 6.41. The lowest BCUT2D eigenvalue weighted by Crippen LogP contribution is -2.38. The molecule has 0 radical (unpaired) electrons. The third kappa shape index (κ3) is 5.41. The van der Waals surface area contributed by atoms with E-state index in [1.165, 1.54) is 17.0 Å². The summed E-state index contributed by atoms with van der Waals surface area (Å²) in [6, 6.07) is 12.0. The van der Waals surface area contributed by atoms with Crippen molar-refractivity contribution in [2.45, 2.75) is 27.2 Å². The van der Waals surface area contributed by atoms with E-state index in [4.69, 9.17) is 5.11 Å². The lowest BCUT2D eigenvalue weighted by molar-refractivity contribution is -0.133. The molecule has 0 bridgehead atoms. The highest BCUT2D eigenvalue weighted by atomic mass is 16.4. The average molecular weight is 368 g/mol. The minimum atomic E-state index is -1.04. The molecule has 0 atom stereocenters. The summed E-state index contributed by atoms with van der Waals surface area (Å²) in [6.07, 6.45) is 0.0473. The highest BCUT2D eigenvalue weighted by Crippen LogP contribution is 2.19. The van der Waals surface area contributed by atoms with Crippen LogP contribution in [0.1, 0.15) is 34.0 Å². The quantitative estimate of drug-likeness (QED) is 0.786. The van der Waals surface area contributed by atoms with Gasteiger partial charge >= 0.3 is 5.97 Å². The molecule has 6 nitrogen and oxygen atoms in total. The number of likely N-dealkylation sites (N-methyl/N-ethyl adjacent to an activating group) is 1. The molecule has 2 amide bonds. The molecule has 0 unspecified atom stereocenters. The van der Waals surface area contributed by atoms with Crippen LogP contribution in [0.25, 0.3) is 0 Å². The number of aromatic carboxylic acids is 1. The van der Waals surface area contributed by atoms with E-state index < -0.39 is 5.97 Å². The van der Waals surface area contributed by atoms with Crippen LogP contribution in [0.3, 0.4) is 0 Å². The smallest absolute Gasteiger partial charge is 0.335 e. The number of carboxylic acid groups (broad SMARTS) is 1. The van der Waals surface area contributed by atoms with Crippen molar-refractivity contribution in [3.8, 4) is 0 Å². The molecule has 2 aromatic carbocycles. The van der Waals surface area contributed by atoms with Crippen molar-refractivity contribution < 1.29 is 19.5 Å². The van der Waals surface area contributed by atoms with Crippen LogP contribution in [0.15, 0.2) is 42.5 Å². The Morgan fingerprint density at radius 2 is 1.67 bits per heavy atom. The fraction of sp³-hybridized carbons (Fsp3) is 0.286. The van der Waals surface area contributed by atoms with Crippen molar-refractivity contribution >= 4 is 23.5 Å². The van der Waals surface area contributed by atoms with Gasteiger partial charge in [0.25, 0.3) is 0 Å². The molecule has 2 N–H and O–H groups in total. The first-order valence-corrected chi connectivity index (χ1v) is 8.78. The molecule has 6 heteroatoms. The maximum Gasteiger partial charge on any atom is 0.335 e. The van der Waals surface area contributed by atoms with Gasteiger partial charge in [0.2, 0.25) is 11.8 Å². The van der Waals surface area contributed by atoms with E-state index in [2.05, 4.69) is 5.32 Å². The molecule has 0 aromatic heterocycles. The van der Waals surface area contributed by atoms with Crippen LogP contribution in [-0.2, 0) is 16.0 Å². The highest BCUT2D eigenvalue weighted by molar-refractivity contribution is 5.96. The molecule has 2 rings (SSSR count). The van der Waals surface area contributed by atoms with E-state index in [0.29, 0.717) is 12.1 Å². The van der Waals surface area contributed by atoms with Gasteiger partial charge in [0, 0.05) is 12.2 Å². The Morgan fingerprint density at radius 3 is 2.26 bits per heavy atom. The molecule has 27 heavy (non-hydrogen) atoms. The van der Waals surface area contributed by atoms with Crippen LogP contribution < -0.4 is 5.32 Å². The molecule has 0 fully saturated rings. The van der Waals surface area contributed by atoms with Gasteiger partial charge in [-0.15, -0.1) is 0 Å². The van der Waals surface area contributed by atoms with Crippen LogP contribution >= 0.6 is 0 Å². The Labute approximate surface area is 158 Å². The lowest BCUT2D eigenvalue weighted by atomic mass is 10.1. The Bertz CT molecular complexity index is 841. The van der Waals surface area contributed by atoms with Gasteiger partial charge in [-0.2, -0.15) is 0 Å². The molecule has 142 valence electrons. The van der Waals surface area contributed by atoms with Gasteiger partial charge in [-0.3, -0.25) is 9.59 Å². The number of benzene rings is 2. The van der Waals surface area contributed by atoms with Gasteiger partial charge in [-0.25, -0.2) is 4.79 Å². The number of para-hydroxylation sites is 1. The molecule has 0 spiro atoms. The van der Waals surface area contributed by atoms with E-state index in [1.807, 2.05) is 32.0 Å². The van der Waals surface area contributed by atoms with Gasteiger partial charge in [0.1, 0.15) is 0 Å². The summed E-state index contributed by atoms with van der Waals surface area (Å²) in [7, 11) is 0. The van der Waals surface area contributed by atoms with Crippen molar-refractivity contribution in [2.75, 3.05) is 18.4 Å². The Hall–Kier alpha value is -3.15. The molecule has 0 aliphatic rings. The number of hydrogen-bond donors (Lipinski definition) is 2. The predicted octanol–water partition coefficient (Wildman–Crippen LogP) is 3.03. The zero-order chi connectivity index (χ0) is 20.0. The molecule has 0 saturated carbocycles. The number of carbonyl (C=O) groups excluding carboxylic acids is 2. The van der Waals surface area contributed by atoms with Gasteiger partial charge in [-0.1, -0.05) is 30.3 Å². The van der Waals surface area contributed by atoms with Gasteiger partial charge in [0.05, 0.1) is 18.5 Å². The van der Waals surface area contributed by atoms with E-state index >= 15 is 0 Å². The summed E-state index contributed by atoms with van der Waals surface area (Å²) < 4.78 is 0. The van der Waals surface area contributed by atoms with Crippen LogP contribution in [0, 0.1) is 13.8 Å². The number of carbonyl (C=O) groups is 3. The van der Waals surface area contributed by atoms with Gasteiger partial charge in [-0.05, 0) is 49.6 Å². The molecule has 0 aliphatic heterocycles. The first-order valence-electron chi connectivity index (χ1n) is 8.78. The first-order chi connectivity index (χ1) is 12.8. The standard InChI is InChI=1S/C21H24N2O4/c1-4-23(13-18(24)22-20-14(2)7-5-8-15(20)3)19(25)12-16-9-6-10-17(11-16)21(26)27/h5-11H,4,12-13H2,1-3H3,(H,22,24)(H,26,27). The second-order valence-corrected chi connectivity index (χ2v) is 6.41. The Balaban J connectivity index is 2.03. The minimum Gasteiger partial charge on any atom is -0.478 e. The summed E-state index contributed by atoms with van der Waals surface area (Å²) in [5, 5.41) is 11.9. The predicted molar refractivity (Wildman–Crippen MR) is 104 cm³/mol. The van der Waals surface area contributed by atoms with Crippen LogP contribution in [-0.4, -0.2) is 40.9 Å². The van der Waals surface area contributed by atoms with E-state index in [9.17, 15) is 14.4 Å². The molecule has 0 aliphatic carbocycles. The van der Waals surface area contributed by atoms with Crippen LogP contribution in [0.5, 0.6) is 0 Å². The number of rotatable bonds is 7. The fourth-order valence-electron chi connectivity index (χ4n) is 2.84. The number of hydrogen-bond acceptors (Lipinski definition) is 3. The monoisotopic (exact) mass is 368 g/mol. The largest absolute Gasteiger partial charge is 0.478 e. The number of anilines is 1. The van der Waals surface area contributed by atoms with Crippen molar-refractivity contribution in [2.24, 2.45) is 0 Å². The van der Waals surface area contributed by atoms with Crippen LogP contribution in [0.2, 0.25) is 0 Å². The van der Waals surface area contributed by atoms with Gasteiger partial charge < -0.3 is 15.3 Å². The maximum atomic E-state index is 12.5. The topological polar surface area (TPSA) is 86.7 Å². The number of carboxylic acids is 1. The Kier molecular flexibility index (Phi) is 6.71. The summed E-state index contributed by atoms with van der Waals surface area (Å²) in [6.45, 7) is 5.97. The molecule has 2 aromatic rings. The van der Waals surface area contributed by atoms with Crippen molar-refractivity contribution in [1.82, 2.24) is 4.90 Å². The molecular formula is C21H24N2O4. The van der Waals surface area contributed by atoms with Crippen molar-refractivity contribution in [3.05, 3.63) is 64.7 Å². The normalized spacial score (nSPS) is 10.3. The third-order valence-corrected chi connectivity index (χ3v) is 4.34. The van der Waals surface area contributed by atoms with Crippen LogP contribution in [0.4, 0.5) is 5.69 Å². The van der Waals surface area contributed by atoms with E-state index in [0.717, 1.165) is 16.8 Å². The zero-order valence-electron chi connectivity index (χ0n) is 15.8. The third-order valence-electron chi connectivity index (χ3n) is 4.34. The molecule has 0 heterocycles. The van der Waals surface area contributed by atoms with E-state index in [-0.39, 0.29) is 30.3 Å². The Morgan fingerprint density at radius 1 is 1.04 bits per heavy atom. The second kappa shape index (κ2) is 8.98. The van der Waals surface area contributed by atoms with E-state index in [1.54, 1.807) is 19.1 Å². The zero-order valence-corrected chi connectivity index (χ0v) is 15.8. The fourth-order valence-corrected chi connectivity index (χ4v) is 2.84. The minimum absolute atomic E-state index is 0.0473. The summed E-state index contributed by atoms with van der Waals surface area (Å²) in [4.78, 5) is 37.5. The first kappa shape index (κ1) is 20.2. The number of nitrogens with zero attached hydrogens (tertiary/aromatic N) is 1. The molecular weight excluding hydrogens is 344 g/mol. The molecule has 0 saturated heterocycles. The highest BCUT2D eigenvalue weighted by Gasteiger charge is 2.17. The lowest BCUT2D eigenvalue weighted by Gasteiger charge is -2.21. The number of aryl methyl sites for hydroxylation is 2. The van der Waals surface area contributed by atoms with Gasteiger partial charge in [0.15, 0.2) is 0 Å². The number of amides is 2. The summed E-state index contributed by atoms with van der Waals surface area (Å²) in [5.41, 5.74) is 3.43. The van der Waals surface area contributed by atoms with Crippen molar-refractivity contribution in [3.63, 3.8) is 0 Å². The maximum absolute atomic E-state index is 12.5. The average Bonchev–Trinajstić information content (AvgIpc) is 2.63.